The lowest BCUT2D eigenvalue weighted by Gasteiger charge is -2.15. The SMILES string of the molecule is CC(C)CCSC(CN)c1ccc(Br)cc1. The van der Waals surface area contributed by atoms with E-state index in [9.17, 15) is 0 Å². The molecule has 3 heteroatoms. The van der Waals surface area contributed by atoms with Gasteiger partial charge in [-0.2, -0.15) is 11.8 Å². The Hall–Kier alpha value is 0.01000. The Kier molecular flexibility index (Phi) is 6.47. The maximum Gasteiger partial charge on any atom is 0.0419 e. The van der Waals surface area contributed by atoms with Gasteiger partial charge in [0.1, 0.15) is 0 Å². The maximum absolute atomic E-state index is 5.83. The average Bonchev–Trinajstić information content (AvgIpc) is 2.26. The molecule has 0 radical (unpaired) electrons. The van der Waals surface area contributed by atoms with Crippen LogP contribution in [-0.4, -0.2) is 12.3 Å². The molecule has 0 aromatic heterocycles. The fourth-order valence-electron chi connectivity index (χ4n) is 1.42. The van der Waals surface area contributed by atoms with Crippen LogP contribution in [0.1, 0.15) is 31.1 Å². The molecule has 0 amide bonds. The zero-order chi connectivity index (χ0) is 12.0. The van der Waals surface area contributed by atoms with Crippen LogP contribution in [0.4, 0.5) is 0 Å². The zero-order valence-corrected chi connectivity index (χ0v) is 12.4. The van der Waals surface area contributed by atoms with E-state index in [4.69, 9.17) is 5.73 Å². The highest BCUT2D eigenvalue weighted by Crippen LogP contribution is 2.29. The Bertz CT molecular complexity index is 297. The normalized spacial score (nSPS) is 13.1. The van der Waals surface area contributed by atoms with Crippen molar-refractivity contribution in [2.24, 2.45) is 11.7 Å². The number of thioether (sulfide) groups is 1. The summed E-state index contributed by atoms with van der Waals surface area (Å²) in [5.74, 6) is 1.96. The molecule has 0 aliphatic rings. The topological polar surface area (TPSA) is 26.0 Å². The predicted molar refractivity (Wildman–Crippen MR) is 77.9 cm³/mol. The average molecular weight is 302 g/mol. The first kappa shape index (κ1) is 14.1. The minimum absolute atomic E-state index is 0.437. The number of halogens is 1. The van der Waals surface area contributed by atoms with Gasteiger partial charge in [-0.25, -0.2) is 0 Å². The lowest BCUT2D eigenvalue weighted by atomic mass is 10.1. The number of hydrogen-bond acceptors (Lipinski definition) is 2. The highest BCUT2D eigenvalue weighted by Gasteiger charge is 2.09. The molecule has 0 aliphatic heterocycles. The molecule has 0 fully saturated rings. The third-order valence-electron chi connectivity index (χ3n) is 2.47. The van der Waals surface area contributed by atoms with Crippen LogP contribution >= 0.6 is 27.7 Å². The number of hydrogen-bond donors (Lipinski definition) is 1. The van der Waals surface area contributed by atoms with Crippen molar-refractivity contribution < 1.29 is 0 Å². The smallest absolute Gasteiger partial charge is 0.0419 e. The fraction of sp³-hybridized carbons (Fsp3) is 0.538. The van der Waals surface area contributed by atoms with Crippen molar-refractivity contribution in [1.82, 2.24) is 0 Å². The van der Waals surface area contributed by atoms with E-state index in [1.54, 1.807) is 0 Å². The standard InChI is InChI=1S/C13H20BrNS/c1-10(2)7-8-16-13(9-15)11-3-5-12(14)6-4-11/h3-6,10,13H,7-9,15H2,1-2H3. The van der Waals surface area contributed by atoms with Gasteiger partial charge in [-0.3, -0.25) is 0 Å². The van der Waals surface area contributed by atoms with E-state index in [1.807, 2.05) is 11.8 Å². The van der Waals surface area contributed by atoms with Gasteiger partial charge in [-0.1, -0.05) is 41.9 Å². The predicted octanol–water partition coefficient (Wildman–Crippen LogP) is 4.23. The summed E-state index contributed by atoms with van der Waals surface area (Å²) in [6, 6.07) is 8.48. The van der Waals surface area contributed by atoms with Gasteiger partial charge >= 0.3 is 0 Å². The summed E-state index contributed by atoms with van der Waals surface area (Å²) >= 11 is 5.42. The van der Waals surface area contributed by atoms with Crippen molar-refractivity contribution in [3.05, 3.63) is 34.3 Å². The van der Waals surface area contributed by atoms with Crippen LogP contribution in [0.2, 0.25) is 0 Å². The molecule has 0 heterocycles. The molecule has 0 bridgehead atoms. The molecule has 1 atom stereocenters. The Morgan fingerprint density at radius 3 is 2.38 bits per heavy atom. The van der Waals surface area contributed by atoms with Crippen molar-refractivity contribution >= 4 is 27.7 Å². The second kappa shape index (κ2) is 7.36. The molecular formula is C13H20BrNS. The Morgan fingerprint density at radius 1 is 1.25 bits per heavy atom. The van der Waals surface area contributed by atoms with Crippen LogP contribution in [0.3, 0.4) is 0 Å². The lowest BCUT2D eigenvalue weighted by Crippen LogP contribution is -2.10. The molecule has 1 rings (SSSR count). The molecule has 16 heavy (non-hydrogen) atoms. The number of nitrogens with two attached hydrogens (primary N) is 1. The van der Waals surface area contributed by atoms with Gasteiger partial charge in [0.25, 0.3) is 0 Å². The van der Waals surface area contributed by atoms with Gasteiger partial charge in [-0.05, 0) is 35.8 Å². The summed E-state index contributed by atoms with van der Waals surface area (Å²) in [6.45, 7) is 5.24. The zero-order valence-electron chi connectivity index (χ0n) is 9.95. The largest absolute Gasteiger partial charge is 0.329 e. The number of rotatable bonds is 6. The van der Waals surface area contributed by atoms with Gasteiger partial charge in [0.05, 0.1) is 0 Å². The third-order valence-corrected chi connectivity index (χ3v) is 4.34. The van der Waals surface area contributed by atoms with Gasteiger partial charge in [0.15, 0.2) is 0 Å². The van der Waals surface area contributed by atoms with E-state index in [1.165, 1.54) is 17.7 Å². The van der Waals surface area contributed by atoms with Gasteiger partial charge in [0.2, 0.25) is 0 Å². The van der Waals surface area contributed by atoms with Crippen LogP contribution < -0.4 is 5.73 Å². The van der Waals surface area contributed by atoms with E-state index >= 15 is 0 Å². The molecule has 0 spiro atoms. The molecule has 90 valence electrons. The first-order valence-electron chi connectivity index (χ1n) is 5.70. The van der Waals surface area contributed by atoms with E-state index in [0.29, 0.717) is 11.8 Å². The van der Waals surface area contributed by atoms with Crippen molar-refractivity contribution in [2.75, 3.05) is 12.3 Å². The van der Waals surface area contributed by atoms with Crippen LogP contribution in [-0.2, 0) is 0 Å². The van der Waals surface area contributed by atoms with Crippen molar-refractivity contribution in [3.63, 3.8) is 0 Å². The second-order valence-corrected chi connectivity index (χ2v) is 6.56. The summed E-state index contributed by atoms with van der Waals surface area (Å²) in [5, 5.41) is 0.437. The third kappa shape index (κ3) is 4.89. The molecule has 0 saturated carbocycles. The fourth-order valence-corrected chi connectivity index (χ4v) is 3.07. The maximum atomic E-state index is 5.83. The molecule has 0 aliphatic carbocycles. The molecule has 1 aromatic rings. The lowest BCUT2D eigenvalue weighted by molar-refractivity contribution is 0.631. The molecule has 1 nitrogen and oxygen atoms in total. The summed E-state index contributed by atoms with van der Waals surface area (Å²) < 4.78 is 1.12. The highest BCUT2D eigenvalue weighted by atomic mass is 79.9. The molecule has 2 N–H and O–H groups in total. The van der Waals surface area contributed by atoms with Crippen LogP contribution in [0.15, 0.2) is 28.7 Å². The van der Waals surface area contributed by atoms with Gasteiger partial charge < -0.3 is 5.73 Å². The summed E-state index contributed by atoms with van der Waals surface area (Å²) in [5.41, 5.74) is 7.16. The molecular weight excluding hydrogens is 282 g/mol. The van der Waals surface area contributed by atoms with Crippen molar-refractivity contribution in [2.45, 2.75) is 25.5 Å². The highest BCUT2D eigenvalue weighted by molar-refractivity contribution is 9.10. The van der Waals surface area contributed by atoms with Crippen molar-refractivity contribution in [1.29, 1.82) is 0 Å². The summed E-state index contributed by atoms with van der Waals surface area (Å²) in [6.07, 6.45) is 1.26. The quantitative estimate of drug-likeness (QED) is 0.851. The second-order valence-electron chi connectivity index (χ2n) is 4.33. The summed E-state index contributed by atoms with van der Waals surface area (Å²) in [7, 11) is 0. The van der Waals surface area contributed by atoms with Crippen molar-refractivity contribution in [3.8, 4) is 0 Å². The molecule has 0 saturated heterocycles. The number of benzene rings is 1. The molecule has 1 unspecified atom stereocenters. The van der Waals surface area contributed by atoms with Gasteiger partial charge in [0, 0.05) is 16.3 Å². The van der Waals surface area contributed by atoms with E-state index in [0.717, 1.165) is 10.4 Å². The van der Waals surface area contributed by atoms with E-state index in [2.05, 4.69) is 54.0 Å². The summed E-state index contributed by atoms with van der Waals surface area (Å²) in [4.78, 5) is 0. The monoisotopic (exact) mass is 301 g/mol. The first-order chi connectivity index (χ1) is 7.63. The van der Waals surface area contributed by atoms with E-state index in [-0.39, 0.29) is 0 Å². The first-order valence-corrected chi connectivity index (χ1v) is 7.54. The Morgan fingerprint density at radius 2 is 1.88 bits per heavy atom. The van der Waals surface area contributed by atoms with E-state index < -0.39 is 0 Å². The Balaban J connectivity index is 2.50. The van der Waals surface area contributed by atoms with Crippen LogP contribution in [0.5, 0.6) is 0 Å². The van der Waals surface area contributed by atoms with Crippen LogP contribution in [0, 0.1) is 5.92 Å². The Labute approximate surface area is 111 Å². The molecule has 1 aromatic carbocycles. The van der Waals surface area contributed by atoms with Gasteiger partial charge in [-0.15, -0.1) is 0 Å². The van der Waals surface area contributed by atoms with Crippen LogP contribution in [0.25, 0.3) is 0 Å². The minimum Gasteiger partial charge on any atom is -0.329 e. The minimum atomic E-state index is 0.437.